The Hall–Kier alpha value is -2.34. The smallest absolute Gasteiger partial charge is 0.0622 e. The van der Waals surface area contributed by atoms with Crippen molar-refractivity contribution in [3.8, 4) is 22.3 Å². The molecule has 0 aliphatic carbocycles. The van der Waals surface area contributed by atoms with Crippen LogP contribution in [-0.4, -0.2) is 0 Å². The van der Waals surface area contributed by atoms with Crippen LogP contribution in [0, 0.1) is 0 Å². The fourth-order valence-corrected chi connectivity index (χ4v) is 2.05. The summed E-state index contributed by atoms with van der Waals surface area (Å²) in [5.74, 6) is 0. The van der Waals surface area contributed by atoms with Crippen molar-refractivity contribution in [2.24, 2.45) is 0 Å². The molecule has 86 valence electrons. The van der Waals surface area contributed by atoms with Gasteiger partial charge in [0.2, 0.25) is 0 Å². The summed E-state index contributed by atoms with van der Waals surface area (Å²) in [5.41, 5.74) is 4.48. The van der Waals surface area contributed by atoms with Crippen molar-refractivity contribution < 1.29 is 1.37 Å². The predicted octanol–water partition coefficient (Wildman–Crippen LogP) is 5.02. The lowest BCUT2D eigenvalue weighted by Gasteiger charge is -2.04. The van der Waals surface area contributed by atoms with Crippen LogP contribution in [0.5, 0.6) is 0 Å². The first-order valence-electron chi connectivity index (χ1n) is 6.56. The van der Waals surface area contributed by atoms with Crippen LogP contribution in [0.4, 0.5) is 0 Å². The first kappa shape index (κ1) is 9.67. The topological polar surface area (TPSA) is 0 Å². The summed E-state index contributed by atoms with van der Waals surface area (Å²) in [6, 6.07) is 26.9. The third-order valence-corrected chi connectivity index (χ3v) is 3.01. The van der Waals surface area contributed by atoms with E-state index in [4.69, 9.17) is 1.37 Å². The predicted molar refractivity (Wildman–Crippen MR) is 77.3 cm³/mol. The van der Waals surface area contributed by atoms with Crippen molar-refractivity contribution in [1.82, 2.24) is 0 Å². The van der Waals surface area contributed by atoms with Gasteiger partial charge in [0.25, 0.3) is 0 Å². The lowest BCUT2D eigenvalue weighted by atomic mass is 10.0. The van der Waals surface area contributed by atoms with E-state index in [9.17, 15) is 0 Å². The van der Waals surface area contributed by atoms with Gasteiger partial charge in [0.05, 0.1) is 1.37 Å². The van der Waals surface area contributed by atoms with E-state index >= 15 is 0 Å². The van der Waals surface area contributed by atoms with Crippen molar-refractivity contribution in [1.29, 1.82) is 0 Å². The van der Waals surface area contributed by atoms with E-state index in [-0.39, 0.29) is 0 Å². The van der Waals surface area contributed by atoms with Crippen molar-refractivity contribution in [2.75, 3.05) is 0 Å². The zero-order valence-electron chi connectivity index (χ0n) is 11.0. The first-order valence-corrected chi connectivity index (χ1v) is 6.06. The molecule has 0 unspecified atom stereocenters. The molecular weight excluding hydrogens is 216 g/mol. The Balaban J connectivity index is 1.98. The van der Waals surface area contributed by atoms with Crippen LogP contribution in [0.25, 0.3) is 22.3 Å². The third kappa shape index (κ3) is 2.18. The van der Waals surface area contributed by atoms with E-state index in [0.717, 1.165) is 11.1 Å². The molecule has 0 saturated carbocycles. The fourth-order valence-electron chi connectivity index (χ4n) is 2.05. The van der Waals surface area contributed by atoms with Crippen LogP contribution >= 0.6 is 0 Å². The van der Waals surface area contributed by atoms with Gasteiger partial charge in [0.15, 0.2) is 0 Å². The molecule has 0 radical (unpaired) electrons. The van der Waals surface area contributed by atoms with Gasteiger partial charge in [0.1, 0.15) is 0 Å². The molecule has 3 aromatic rings. The van der Waals surface area contributed by atoms with E-state index < -0.39 is 0 Å². The van der Waals surface area contributed by atoms with Crippen LogP contribution in [0.15, 0.2) is 84.9 Å². The standard InChI is InChI=1S/C18H14/c1-3-7-15(8-4-1)17-11-13-18(14-12-17)16-9-5-2-6-10-16/h1-14H/i7D. The molecule has 0 nitrogen and oxygen atoms in total. The Morgan fingerprint density at radius 2 is 0.889 bits per heavy atom. The molecule has 0 saturated heterocycles. The van der Waals surface area contributed by atoms with Gasteiger partial charge in [-0.25, -0.2) is 0 Å². The quantitative estimate of drug-likeness (QED) is 0.581. The van der Waals surface area contributed by atoms with Gasteiger partial charge < -0.3 is 0 Å². The molecule has 0 aliphatic heterocycles. The lowest BCUT2D eigenvalue weighted by Crippen LogP contribution is -1.79. The number of rotatable bonds is 2. The highest BCUT2D eigenvalue weighted by atomic mass is 14.0. The van der Waals surface area contributed by atoms with E-state index in [1.54, 1.807) is 0 Å². The second kappa shape index (κ2) is 4.89. The van der Waals surface area contributed by atoms with Crippen molar-refractivity contribution in [3.63, 3.8) is 0 Å². The molecule has 0 spiro atoms. The summed E-state index contributed by atoms with van der Waals surface area (Å²) in [4.78, 5) is 0. The van der Waals surface area contributed by atoms with Gasteiger partial charge in [-0.1, -0.05) is 84.9 Å². The zero-order valence-corrected chi connectivity index (χ0v) is 10.0. The minimum absolute atomic E-state index is 0.565. The minimum Gasteiger partial charge on any atom is -0.0622 e. The van der Waals surface area contributed by atoms with Gasteiger partial charge >= 0.3 is 0 Å². The normalized spacial score (nSPS) is 11.0. The summed E-state index contributed by atoms with van der Waals surface area (Å²) in [7, 11) is 0. The molecule has 18 heavy (non-hydrogen) atoms. The highest BCUT2D eigenvalue weighted by Crippen LogP contribution is 2.24. The van der Waals surface area contributed by atoms with Gasteiger partial charge in [-0.2, -0.15) is 0 Å². The van der Waals surface area contributed by atoms with Gasteiger partial charge in [-0.05, 0) is 22.3 Å². The molecule has 3 rings (SSSR count). The average Bonchev–Trinajstić information content (AvgIpc) is 2.49. The Bertz CT molecular complexity index is 670. The number of benzene rings is 3. The largest absolute Gasteiger partial charge is 0.0629 e. The summed E-state index contributed by atoms with van der Waals surface area (Å²) >= 11 is 0. The van der Waals surface area contributed by atoms with E-state index in [1.165, 1.54) is 11.1 Å². The Labute approximate surface area is 109 Å². The van der Waals surface area contributed by atoms with E-state index in [0.29, 0.717) is 6.04 Å². The molecule has 0 aromatic heterocycles. The fraction of sp³-hybridized carbons (Fsp3) is 0. The van der Waals surface area contributed by atoms with Crippen LogP contribution in [0.3, 0.4) is 0 Å². The maximum atomic E-state index is 7.93. The Kier molecular flexibility index (Phi) is 2.62. The molecule has 0 N–H and O–H groups in total. The van der Waals surface area contributed by atoms with Crippen LogP contribution < -0.4 is 0 Å². The molecular formula is C18H14. The van der Waals surface area contributed by atoms with E-state index in [2.05, 4.69) is 36.4 Å². The average molecular weight is 231 g/mol. The highest BCUT2D eigenvalue weighted by molar-refractivity contribution is 5.70. The molecule has 3 aromatic carbocycles. The van der Waals surface area contributed by atoms with Gasteiger partial charge in [-0.15, -0.1) is 0 Å². The summed E-state index contributed by atoms with van der Waals surface area (Å²) < 4.78 is 7.93. The lowest BCUT2D eigenvalue weighted by molar-refractivity contribution is 1.59. The Morgan fingerprint density at radius 1 is 0.444 bits per heavy atom. The molecule has 0 heterocycles. The van der Waals surface area contributed by atoms with Crippen LogP contribution in [0.1, 0.15) is 1.37 Å². The van der Waals surface area contributed by atoms with Gasteiger partial charge in [-0.3, -0.25) is 0 Å². The molecule has 0 fully saturated rings. The number of hydrogen-bond donors (Lipinski definition) is 0. The monoisotopic (exact) mass is 231 g/mol. The summed E-state index contributed by atoms with van der Waals surface area (Å²) in [5, 5.41) is 0. The molecule has 0 atom stereocenters. The van der Waals surface area contributed by atoms with Crippen LogP contribution in [0.2, 0.25) is 0 Å². The van der Waals surface area contributed by atoms with Crippen molar-refractivity contribution in [2.45, 2.75) is 0 Å². The molecule has 0 amide bonds. The second-order valence-corrected chi connectivity index (χ2v) is 4.22. The van der Waals surface area contributed by atoms with Crippen LogP contribution in [-0.2, 0) is 0 Å². The minimum atomic E-state index is 0.565. The maximum absolute atomic E-state index is 7.93. The highest BCUT2D eigenvalue weighted by Gasteiger charge is 1.98. The maximum Gasteiger partial charge on any atom is 0.0629 e. The van der Waals surface area contributed by atoms with Crippen molar-refractivity contribution >= 4 is 0 Å². The SMILES string of the molecule is [2H]c1ccccc1-c1ccc(-c2ccccc2)cc1. The van der Waals surface area contributed by atoms with E-state index in [1.807, 2.05) is 42.5 Å². The summed E-state index contributed by atoms with van der Waals surface area (Å²) in [6.45, 7) is 0. The number of hydrogen-bond acceptors (Lipinski definition) is 0. The second-order valence-electron chi connectivity index (χ2n) is 4.22. The first-order chi connectivity index (χ1) is 9.34. The molecule has 0 bridgehead atoms. The van der Waals surface area contributed by atoms with Crippen molar-refractivity contribution in [3.05, 3.63) is 84.9 Å². The molecule has 0 heteroatoms. The zero-order chi connectivity index (χ0) is 13.1. The Morgan fingerprint density at radius 3 is 1.50 bits per heavy atom. The molecule has 0 aliphatic rings. The summed E-state index contributed by atoms with van der Waals surface area (Å²) in [6.07, 6.45) is 0. The van der Waals surface area contributed by atoms with Gasteiger partial charge in [0, 0.05) is 0 Å². The third-order valence-electron chi connectivity index (χ3n) is 3.01.